The van der Waals surface area contributed by atoms with Crippen molar-refractivity contribution in [2.75, 3.05) is 20.1 Å². The van der Waals surface area contributed by atoms with Crippen LogP contribution in [-0.2, 0) is 12.8 Å². The second kappa shape index (κ2) is 8.65. The van der Waals surface area contributed by atoms with Gasteiger partial charge in [-0.3, -0.25) is 4.99 Å². The Morgan fingerprint density at radius 1 is 0.786 bits per heavy atom. The van der Waals surface area contributed by atoms with E-state index < -0.39 is 0 Å². The van der Waals surface area contributed by atoms with Crippen LogP contribution in [0.15, 0.2) is 65.9 Å². The molecule has 0 saturated heterocycles. The van der Waals surface area contributed by atoms with Gasteiger partial charge in [0.1, 0.15) is 0 Å². The Labute approximate surface area is 165 Å². The van der Waals surface area contributed by atoms with Crippen LogP contribution in [0.3, 0.4) is 0 Å². The summed E-state index contributed by atoms with van der Waals surface area (Å²) >= 11 is 0. The SMILES string of the molecule is CN=C(NCCCc1c[nH]c2ccccc12)NCCc1c[nH]c2ccccc12. The van der Waals surface area contributed by atoms with Crippen LogP contribution in [0.1, 0.15) is 17.5 Å². The normalized spacial score (nSPS) is 12.0. The molecule has 0 aliphatic heterocycles. The lowest BCUT2D eigenvalue weighted by atomic mass is 10.1. The number of hydrogen-bond acceptors (Lipinski definition) is 1. The quantitative estimate of drug-likeness (QED) is 0.225. The first-order chi connectivity index (χ1) is 13.8. The fraction of sp³-hybridized carbons (Fsp3) is 0.261. The molecule has 2 aromatic carbocycles. The Hall–Kier alpha value is -3.21. The summed E-state index contributed by atoms with van der Waals surface area (Å²) in [4.78, 5) is 11.0. The van der Waals surface area contributed by atoms with Gasteiger partial charge in [-0.1, -0.05) is 36.4 Å². The minimum atomic E-state index is 0.851. The molecule has 0 bridgehead atoms. The van der Waals surface area contributed by atoms with Gasteiger partial charge < -0.3 is 20.6 Å². The lowest BCUT2D eigenvalue weighted by Gasteiger charge is -2.11. The number of guanidine groups is 1. The topological polar surface area (TPSA) is 68.0 Å². The average molecular weight is 374 g/mol. The maximum atomic E-state index is 4.33. The number of para-hydroxylation sites is 2. The first-order valence-corrected chi connectivity index (χ1v) is 9.89. The number of aromatic amines is 2. The first-order valence-electron chi connectivity index (χ1n) is 9.89. The minimum Gasteiger partial charge on any atom is -0.361 e. The summed E-state index contributed by atoms with van der Waals surface area (Å²) in [6, 6.07) is 16.9. The van der Waals surface area contributed by atoms with Crippen molar-refractivity contribution >= 4 is 27.8 Å². The maximum Gasteiger partial charge on any atom is 0.190 e. The molecule has 0 saturated carbocycles. The van der Waals surface area contributed by atoms with Crippen molar-refractivity contribution in [3.05, 3.63) is 72.1 Å². The van der Waals surface area contributed by atoms with Crippen LogP contribution < -0.4 is 10.6 Å². The second-order valence-corrected chi connectivity index (χ2v) is 7.00. The molecule has 4 aromatic rings. The number of benzene rings is 2. The Kier molecular flexibility index (Phi) is 5.61. The molecule has 0 unspecified atom stereocenters. The lowest BCUT2D eigenvalue weighted by Crippen LogP contribution is -2.38. The predicted octanol–water partition coefficient (Wildman–Crippen LogP) is 3.99. The van der Waals surface area contributed by atoms with Gasteiger partial charge in [-0.25, -0.2) is 0 Å². The molecule has 2 aromatic heterocycles. The summed E-state index contributed by atoms with van der Waals surface area (Å²) in [6.45, 7) is 1.75. The maximum absolute atomic E-state index is 4.33. The molecule has 4 N–H and O–H groups in total. The molecule has 0 spiro atoms. The molecule has 5 heteroatoms. The highest BCUT2D eigenvalue weighted by Crippen LogP contribution is 2.19. The Bertz CT molecular complexity index is 1070. The van der Waals surface area contributed by atoms with E-state index in [1.165, 1.54) is 32.9 Å². The van der Waals surface area contributed by atoms with Crippen LogP contribution in [0.4, 0.5) is 0 Å². The Morgan fingerprint density at radius 2 is 1.36 bits per heavy atom. The monoisotopic (exact) mass is 373 g/mol. The van der Waals surface area contributed by atoms with Crippen LogP contribution in [0.25, 0.3) is 21.8 Å². The third-order valence-corrected chi connectivity index (χ3v) is 5.18. The molecule has 0 aliphatic carbocycles. The summed E-state index contributed by atoms with van der Waals surface area (Å²) in [7, 11) is 1.82. The standard InChI is InChI=1S/C23H27N5/c1-24-23(26-14-12-18-16-28-22-11-5-3-9-20(18)22)25-13-6-7-17-15-27-21-10-4-2-8-19(17)21/h2-5,8-11,15-16,27-28H,6-7,12-14H2,1H3,(H2,24,25,26). The second-order valence-electron chi connectivity index (χ2n) is 7.00. The third kappa shape index (κ3) is 4.03. The van der Waals surface area contributed by atoms with Gasteiger partial charge in [-0.15, -0.1) is 0 Å². The molecule has 0 atom stereocenters. The van der Waals surface area contributed by atoms with Crippen LogP contribution in [-0.4, -0.2) is 36.1 Å². The number of aromatic nitrogens is 2. The molecule has 0 radical (unpaired) electrons. The van der Waals surface area contributed by atoms with E-state index in [4.69, 9.17) is 0 Å². The van der Waals surface area contributed by atoms with E-state index in [1.54, 1.807) is 0 Å². The number of rotatable bonds is 7. The van der Waals surface area contributed by atoms with Crippen molar-refractivity contribution < 1.29 is 0 Å². The smallest absolute Gasteiger partial charge is 0.190 e. The average Bonchev–Trinajstić information content (AvgIpc) is 3.34. The molecule has 0 fully saturated rings. The predicted molar refractivity (Wildman–Crippen MR) is 118 cm³/mol. The van der Waals surface area contributed by atoms with Crippen molar-refractivity contribution in [1.82, 2.24) is 20.6 Å². The fourth-order valence-electron chi connectivity index (χ4n) is 3.70. The molecule has 0 aliphatic rings. The largest absolute Gasteiger partial charge is 0.361 e. The molecule has 0 amide bonds. The highest BCUT2D eigenvalue weighted by molar-refractivity contribution is 5.84. The van der Waals surface area contributed by atoms with Crippen molar-refractivity contribution in [2.45, 2.75) is 19.3 Å². The van der Waals surface area contributed by atoms with E-state index in [-0.39, 0.29) is 0 Å². The summed E-state index contributed by atoms with van der Waals surface area (Å²) < 4.78 is 0. The van der Waals surface area contributed by atoms with Crippen molar-refractivity contribution in [1.29, 1.82) is 0 Å². The molecule has 4 rings (SSSR count). The van der Waals surface area contributed by atoms with Crippen molar-refractivity contribution in [2.24, 2.45) is 4.99 Å². The van der Waals surface area contributed by atoms with Crippen LogP contribution in [0, 0.1) is 0 Å². The lowest BCUT2D eigenvalue weighted by molar-refractivity contribution is 0.741. The van der Waals surface area contributed by atoms with E-state index in [9.17, 15) is 0 Å². The fourth-order valence-corrected chi connectivity index (χ4v) is 3.70. The van der Waals surface area contributed by atoms with Gasteiger partial charge in [0.25, 0.3) is 0 Å². The molecular formula is C23H27N5. The highest BCUT2D eigenvalue weighted by Gasteiger charge is 2.05. The van der Waals surface area contributed by atoms with Crippen LogP contribution >= 0.6 is 0 Å². The van der Waals surface area contributed by atoms with E-state index in [0.29, 0.717) is 0 Å². The summed E-state index contributed by atoms with van der Waals surface area (Å²) in [6.07, 6.45) is 7.29. The molecule has 2 heterocycles. The van der Waals surface area contributed by atoms with Gasteiger partial charge in [0.15, 0.2) is 5.96 Å². The van der Waals surface area contributed by atoms with Gasteiger partial charge in [-0.2, -0.15) is 0 Å². The molecular weight excluding hydrogens is 346 g/mol. The van der Waals surface area contributed by atoms with Crippen molar-refractivity contribution in [3.63, 3.8) is 0 Å². The van der Waals surface area contributed by atoms with Crippen LogP contribution in [0.2, 0.25) is 0 Å². The molecule has 5 nitrogen and oxygen atoms in total. The number of aryl methyl sites for hydroxylation is 1. The highest BCUT2D eigenvalue weighted by atomic mass is 15.2. The number of nitrogens with zero attached hydrogens (tertiary/aromatic N) is 1. The van der Waals surface area contributed by atoms with Gasteiger partial charge >= 0.3 is 0 Å². The number of nitrogens with one attached hydrogen (secondary N) is 4. The first kappa shape index (κ1) is 18.2. The van der Waals surface area contributed by atoms with E-state index in [1.807, 2.05) is 7.05 Å². The van der Waals surface area contributed by atoms with Crippen molar-refractivity contribution in [3.8, 4) is 0 Å². The zero-order valence-corrected chi connectivity index (χ0v) is 16.3. The zero-order valence-electron chi connectivity index (χ0n) is 16.3. The Morgan fingerprint density at radius 3 is 2.00 bits per heavy atom. The van der Waals surface area contributed by atoms with Gasteiger partial charge in [-0.05, 0) is 42.5 Å². The summed E-state index contributed by atoms with van der Waals surface area (Å²) in [5, 5.41) is 9.45. The number of hydrogen-bond donors (Lipinski definition) is 4. The minimum absolute atomic E-state index is 0.851. The third-order valence-electron chi connectivity index (χ3n) is 5.18. The van der Waals surface area contributed by atoms with Gasteiger partial charge in [0.05, 0.1) is 0 Å². The number of aliphatic imine (C=N–C) groups is 1. The number of H-pyrrole nitrogens is 2. The zero-order chi connectivity index (χ0) is 19.2. The van der Waals surface area contributed by atoms with E-state index >= 15 is 0 Å². The van der Waals surface area contributed by atoms with Gasteiger partial charge in [0.2, 0.25) is 0 Å². The van der Waals surface area contributed by atoms with Crippen LogP contribution in [0.5, 0.6) is 0 Å². The van der Waals surface area contributed by atoms with Gasteiger partial charge in [0, 0.05) is 54.3 Å². The van der Waals surface area contributed by atoms with E-state index in [0.717, 1.165) is 38.3 Å². The molecule has 28 heavy (non-hydrogen) atoms. The number of fused-ring (bicyclic) bond motifs is 2. The summed E-state index contributed by atoms with van der Waals surface area (Å²) in [5.41, 5.74) is 5.11. The Balaban J connectivity index is 1.22. The molecule has 144 valence electrons. The summed E-state index contributed by atoms with van der Waals surface area (Å²) in [5.74, 6) is 0.860. The van der Waals surface area contributed by atoms with E-state index in [2.05, 4.69) is 86.5 Å².